The lowest BCUT2D eigenvalue weighted by molar-refractivity contribution is -0.117. The summed E-state index contributed by atoms with van der Waals surface area (Å²) < 4.78 is 0.560. The molecule has 4 nitrogen and oxygen atoms in total. The van der Waals surface area contributed by atoms with E-state index in [4.69, 9.17) is 5.11 Å². The zero-order valence-electron chi connectivity index (χ0n) is 8.56. The first kappa shape index (κ1) is 11.4. The van der Waals surface area contributed by atoms with E-state index < -0.39 is 0 Å². The third-order valence-corrected chi connectivity index (χ3v) is 3.34. The monoisotopic (exact) mass is 285 g/mol. The molecule has 0 bridgehead atoms. The summed E-state index contributed by atoms with van der Waals surface area (Å²) in [5.41, 5.74) is 0.741. The first-order valence-corrected chi connectivity index (χ1v) is 5.81. The molecule has 5 heteroatoms. The molecule has 1 aliphatic rings. The normalized spacial score (nSPS) is 20.5. The highest BCUT2D eigenvalue weighted by molar-refractivity contribution is 9.10. The third-order valence-electron chi connectivity index (χ3n) is 2.71. The van der Waals surface area contributed by atoms with Gasteiger partial charge in [-0.3, -0.25) is 4.79 Å². The van der Waals surface area contributed by atoms with Gasteiger partial charge in [0.05, 0.1) is 4.47 Å². The number of aromatic hydroxyl groups is 1. The van der Waals surface area contributed by atoms with Crippen LogP contribution < -0.4 is 4.90 Å². The quantitative estimate of drug-likeness (QED) is 0.866. The first-order chi connectivity index (χ1) is 7.61. The molecule has 2 N–H and O–H groups in total. The molecule has 1 aliphatic heterocycles. The van der Waals surface area contributed by atoms with Gasteiger partial charge >= 0.3 is 0 Å². The highest BCUT2D eigenvalue weighted by Crippen LogP contribution is 2.31. The summed E-state index contributed by atoms with van der Waals surface area (Å²) in [4.78, 5) is 13.3. The molecular weight excluding hydrogens is 274 g/mol. The number of carbonyl (C=O) groups is 1. The Balaban J connectivity index is 2.24. The number of nitrogens with zero attached hydrogens (tertiary/aromatic N) is 1. The highest BCUT2D eigenvalue weighted by atomic mass is 79.9. The molecule has 1 aromatic rings. The largest absolute Gasteiger partial charge is 0.507 e. The standard InChI is InChI=1S/C11H12BrNO3/c12-9-4-8(1-2-10(9)15)13-5-7(6-14)3-11(13)16/h1-2,4,7,14-15H,3,5-6H2. The zero-order valence-corrected chi connectivity index (χ0v) is 10.1. The molecule has 0 aromatic heterocycles. The van der Waals surface area contributed by atoms with E-state index in [0.29, 0.717) is 17.4 Å². The molecule has 1 unspecified atom stereocenters. The van der Waals surface area contributed by atoms with Crippen LogP contribution in [-0.2, 0) is 4.79 Å². The average molecular weight is 286 g/mol. The molecule has 1 amide bonds. The molecule has 1 aromatic carbocycles. The Morgan fingerprint density at radius 3 is 2.81 bits per heavy atom. The van der Waals surface area contributed by atoms with E-state index in [2.05, 4.69) is 15.9 Å². The molecule has 86 valence electrons. The van der Waals surface area contributed by atoms with Crippen molar-refractivity contribution in [1.29, 1.82) is 0 Å². The van der Waals surface area contributed by atoms with Gasteiger partial charge in [0.25, 0.3) is 0 Å². The van der Waals surface area contributed by atoms with Gasteiger partial charge in [0.2, 0.25) is 5.91 Å². The van der Waals surface area contributed by atoms with Crippen LogP contribution in [0, 0.1) is 5.92 Å². The van der Waals surface area contributed by atoms with E-state index in [9.17, 15) is 9.90 Å². The van der Waals surface area contributed by atoms with Crippen LogP contribution in [0.1, 0.15) is 6.42 Å². The smallest absolute Gasteiger partial charge is 0.227 e. The van der Waals surface area contributed by atoms with Gasteiger partial charge in [-0.05, 0) is 34.1 Å². The molecule has 0 aliphatic carbocycles. The number of hydrogen-bond acceptors (Lipinski definition) is 3. The maximum atomic E-state index is 11.7. The number of phenols is 1. The first-order valence-electron chi connectivity index (χ1n) is 5.01. The molecule has 0 saturated carbocycles. The van der Waals surface area contributed by atoms with Gasteiger partial charge in [-0.25, -0.2) is 0 Å². The summed E-state index contributed by atoms with van der Waals surface area (Å²) in [6.45, 7) is 0.564. The number of aliphatic hydroxyl groups is 1. The van der Waals surface area contributed by atoms with E-state index in [1.54, 1.807) is 23.1 Å². The fraction of sp³-hybridized carbons (Fsp3) is 0.364. The fourth-order valence-corrected chi connectivity index (χ4v) is 2.18. The van der Waals surface area contributed by atoms with Crippen LogP contribution in [0.5, 0.6) is 5.75 Å². The van der Waals surface area contributed by atoms with Crippen LogP contribution >= 0.6 is 15.9 Å². The number of halogens is 1. The van der Waals surface area contributed by atoms with Crippen molar-refractivity contribution in [3.63, 3.8) is 0 Å². The van der Waals surface area contributed by atoms with Crippen molar-refractivity contribution in [3.8, 4) is 5.75 Å². The van der Waals surface area contributed by atoms with Crippen molar-refractivity contribution < 1.29 is 15.0 Å². The van der Waals surface area contributed by atoms with Crippen LogP contribution in [-0.4, -0.2) is 29.3 Å². The van der Waals surface area contributed by atoms with Crippen LogP contribution in [0.3, 0.4) is 0 Å². The van der Waals surface area contributed by atoms with Gasteiger partial charge in [-0.15, -0.1) is 0 Å². The SMILES string of the molecule is O=C1CC(CO)CN1c1ccc(O)c(Br)c1. The van der Waals surface area contributed by atoms with Crippen LogP contribution in [0.25, 0.3) is 0 Å². The van der Waals surface area contributed by atoms with Crippen molar-refractivity contribution in [3.05, 3.63) is 22.7 Å². The Labute approximate surface area is 102 Å². The van der Waals surface area contributed by atoms with Gasteiger partial charge < -0.3 is 15.1 Å². The second-order valence-electron chi connectivity index (χ2n) is 3.89. The summed E-state index contributed by atoms with van der Waals surface area (Å²) >= 11 is 3.21. The molecule has 1 atom stereocenters. The van der Waals surface area contributed by atoms with Crippen LogP contribution in [0.4, 0.5) is 5.69 Å². The van der Waals surface area contributed by atoms with E-state index in [1.807, 2.05) is 0 Å². The maximum absolute atomic E-state index is 11.7. The van der Waals surface area contributed by atoms with Crippen molar-refractivity contribution in [2.75, 3.05) is 18.1 Å². The predicted molar refractivity (Wildman–Crippen MR) is 63.4 cm³/mol. The number of hydrogen-bond donors (Lipinski definition) is 2. The lowest BCUT2D eigenvalue weighted by atomic mass is 10.1. The molecule has 2 rings (SSSR count). The van der Waals surface area contributed by atoms with Gasteiger partial charge in [-0.1, -0.05) is 0 Å². The molecule has 0 radical (unpaired) electrons. The Morgan fingerprint density at radius 1 is 1.50 bits per heavy atom. The molecule has 1 saturated heterocycles. The highest BCUT2D eigenvalue weighted by Gasteiger charge is 2.30. The van der Waals surface area contributed by atoms with Crippen molar-refractivity contribution >= 4 is 27.5 Å². The summed E-state index contributed by atoms with van der Waals surface area (Å²) in [6, 6.07) is 4.93. The topological polar surface area (TPSA) is 60.8 Å². The number of rotatable bonds is 2. The number of phenolic OH excluding ortho intramolecular Hbond substituents is 1. The zero-order chi connectivity index (χ0) is 11.7. The van der Waals surface area contributed by atoms with Crippen LogP contribution in [0.15, 0.2) is 22.7 Å². The molecule has 1 heterocycles. The molecule has 1 fully saturated rings. The molecule has 16 heavy (non-hydrogen) atoms. The summed E-state index contributed by atoms with van der Waals surface area (Å²) in [5.74, 6) is 0.172. The number of anilines is 1. The fourth-order valence-electron chi connectivity index (χ4n) is 1.82. The van der Waals surface area contributed by atoms with Gasteiger partial charge in [-0.2, -0.15) is 0 Å². The molecule has 0 spiro atoms. The second kappa shape index (κ2) is 4.43. The van der Waals surface area contributed by atoms with Crippen molar-refractivity contribution in [1.82, 2.24) is 0 Å². The number of amides is 1. The van der Waals surface area contributed by atoms with Crippen LogP contribution in [0.2, 0.25) is 0 Å². The van der Waals surface area contributed by atoms with Gasteiger partial charge in [0.15, 0.2) is 0 Å². The Bertz CT molecular complexity index is 422. The maximum Gasteiger partial charge on any atom is 0.227 e. The third kappa shape index (κ3) is 2.05. The predicted octanol–water partition coefficient (Wildman–Crippen LogP) is 1.50. The number of benzene rings is 1. The van der Waals surface area contributed by atoms with Crippen molar-refractivity contribution in [2.24, 2.45) is 5.92 Å². The van der Waals surface area contributed by atoms with Gasteiger partial charge in [0, 0.05) is 31.2 Å². The summed E-state index contributed by atoms with van der Waals surface area (Å²) in [6.07, 6.45) is 0.384. The van der Waals surface area contributed by atoms with E-state index in [-0.39, 0.29) is 24.2 Å². The minimum Gasteiger partial charge on any atom is -0.507 e. The van der Waals surface area contributed by atoms with Crippen molar-refractivity contribution in [2.45, 2.75) is 6.42 Å². The Morgan fingerprint density at radius 2 is 2.25 bits per heavy atom. The minimum atomic E-state index is 0.0108. The van der Waals surface area contributed by atoms with E-state index in [1.165, 1.54) is 0 Å². The average Bonchev–Trinajstić information content (AvgIpc) is 2.64. The second-order valence-corrected chi connectivity index (χ2v) is 4.75. The number of aliphatic hydroxyl groups excluding tert-OH is 1. The van der Waals surface area contributed by atoms with E-state index >= 15 is 0 Å². The Hall–Kier alpha value is -1.07. The number of carbonyl (C=O) groups excluding carboxylic acids is 1. The molecular formula is C11H12BrNO3. The minimum absolute atomic E-state index is 0.0108. The Kier molecular flexibility index (Phi) is 3.16. The lowest BCUT2D eigenvalue weighted by Gasteiger charge is -2.16. The summed E-state index contributed by atoms with van der Waals surface area (Å²) in [5, 5.41) is 18.4. The lowest BCUT2D eigenvalue weighted by Crippen LogP contribution is -2.24. The van der Waals surface area contributed by atoms with E-state index in [0.717, 1.165) is 5.69 Å². The summed E-state index contributed by atoms with van der Waals surface area (Å²) in [7, 11) is 0. The van der Waals surface area contributed by atoms with Gasteiger partial charge in [0.1, 0.15) is 5.75 Å².